The van der Waals surface area contributed by atoms with Gasteiger partial charge in [0.1, 0.15) is 0 Å². The van der Waals surface area contributed by atoms with Crippen molar-refractivity contribution in [2.45, 2.75) is 45.3 Å². The molecule has 0 amide bonds. The predicted molar refractivity (Wildman–Crippen MR) is 76.8 cm³/mol. The van der Waals surface area contributed by atoms with Crippen molar-refractivity contribution in [2.24, 2.45) is 11.8 Å². The molecule has 0 fully saturated rings. The summed E-state index contributed by atoms with van der Waals surface area (Å²) in [6.07, 6.45) is 0.948. The van der Waals surface area contributed by atoms with Gasteiger partial charge in [0.05, 0.1) is 12.2 Å². The van der Waals surface area contributed by atoms with Crippen LogP contribution in [0.25, 0.3) is 0 Å². The van der Waals surface area contributed by atoms with Crippen molar-refractivity contribution >= 4 is 0 Å². The minimum Gasteiger partial charge on any atom is -0.396 e. The van der Waals surface area contributed by atoms with E-state index in [0.29, 0.717) is 12.8 Å². The average molecular weight is 266 g/mol. The molecule has 0 aliphatic carbocycles. The first-order valence-electron chi connectivity index (χ1n) is 7.11. The van der Waals surface area contributed by atoms with Gasteiger partial charge >= 0.3 is 0 Å². The predicted octanol–water partition coefficient (Wildman–Crippen LogP) is 2.00. The first-order valence-corrected chi connectivity index (χ1v) is 7.11. The van der Waals surface area contributed by atoms with Gasteiger partial charge in [-0.1, -0.05) is 44.2 Å². The number of benzene rings is 1. The van der Waals surface area contributed by atoms with E-state index in [-0.39, 0.29) is 18.4 Å². The number of hydrogen-bond donors (Lipinski definition) is 3. The van der Waals surface area contributed by atoms with Crippen molar-refractivity contribution in [1.82, 2.24) is 0 Å². The Bertz CT molecular complexity index is 335. The largest absolute Gasteiger partial charge is 0.396 e. The van der Waals surface area contributed by atoms with Crippen LogP contribution in [-0.4, -0.2) is 34.1 Å². The molecule has 3 N–H and O–H groups in total. The number of rotatable bonds is 8. The third kappa shape index (κ3) is 4.94. The van der Waals surface area contributed by atoms with Gasteiger partial charge in [-0.05, 0) is 24.8 Å². The summed E-state index contributed by atoms with van der Waals surface area (Å²) < 4.78 is 0. The summed E-state index contributed by atoms with van der Waals surface area (Å²) in [4.78, 5) is 0. The summed E-state index contributed by atoms with van der Waals surface area (Å²) in [6, 6.07) is 10.0. The molecule has 19 heavy (non-hydrogen) atoms. The van der Waals surface area contributed by atoms with Crippen molar-refractivity contribution in [3.63, 3.8) is 0 Å². The zero-order valence-corrected chi connectivity index (χ0v) is 11.9. The van der Waals surface area contributed by atoms with Crippen molar-refractivity contribution in [1.29, 1.82) is 0 Å². The van der Waals surface area contributed by atoms with E-state index < -0.39 is 12.2 Å². The summed E-state index contributed by atoms with van der Waals surface area (Å²) in [5.74, 6) is -0.373. The molecule has 108 valence electrons. The number of aliphatic hydroxyl groups is 3. The Labute approximate surface area is 115 Å². The average Bonchev–Trinajstić information content (AvgIpc) is 2.46. The highest BCUT2D eigenvalue weighted by atomic mass is 16.3. The standard InChI is InChI=1S/C16H26O3/c1-3-14(11-17)16(19)12(2)15(18)10-9-13-7-5-4-6-8-13/h4-8,12,14-19H,3,9-11H2,1-2H3/t12-,14+,15+,16+/m0/s1. The number of hydrogen-bond acceptors (Lipinski definition) is 3. The van der Waals surface area contributed by atoms with E-state index in [1.165, 1.54) is 5.56 Å². The molecule has 0 aromatic heterocycles. The molecule has 1 rings (SSSR count). The fourth-order valence-corrected chi connectivity index (χ4v) is 2.36. The van der Waals surface area contributed by atoms with E-state index in [1.807, 2.05) is 44.2 Å². The van der Waals surface area contributed by atoms with E-state index >= 15 is 0 Å². The minimum atomic E-state index is -0.652. The molecule has 0 heterocycles. The maximum absolute atomic E-state index is 10.1. The van der Waals surface area contributed by atoms with Gasteiger partial charge in [-0.15, -0.1) is 0 Å². The van der Waals surface area contributed by atoms with Crippen LogP contribution >= 0.6 is 0 Å². The molecule has 0 saturated carbocycles. The van der Waals surface area contributed by atoms with Crippen LogP contribution in [0.2, 0.25) is 0 Å². The highest BCUT2D eigenvalue weighted by Crippen LogP contribution is 2.21. The van der Waals surface area contributed by atoms with E-state index in [2.05, 4.69) is 0 Å². The monoisotopic (exact) mass is 266 g/mol. The lowest BCUT2D eigenvalue weighted by Gasteiger charge is -2.29. The Balaban J connectivity index is 2.46. The molecule has 1 aromatic carbocycles. The van der Waals surface area contributed by atoms with Crippen LogP contribution in [0.4, 0.5) is 0 Å². The Morgan fingerprint density at radius 1 is 1.11 bits per heavy atom. The lowest BCUT2D eigenvalue weighted by atomic mass is 9.85. The molecule has 3 nitrogen and oxygen atoms in total. The highest BCUT2D eigenvalue weighted by Gasteiger charge is 2.27. The molecule has 0 spiro atoms. The third-order valence-electron chi connectivity index (χ3n) is 3.96. The lowest BCUT2D eigenvalue weighted by molar-refractivity contribution is -0.0278. The Hall–Kier alpha value is -0.900. The molecular weight excluding hydrogens is 240 g/mol. The van der Waals surface area contributed by atoms with Gasteiger partial charge in [0.15, 0.2) is 0 Å². The van der Waals surface area contributed by atoms with Crippen molar-refractivity contribution in [3.05, 3.63) is 35.9 Å². The molecule has 4 atom stereocenters. The van der Waals surface area contributed by atoms with Gasteiger partial charge in [-0.3, -0.25) is 0 Å². The van der Waals surface area contributed by atoms with Crippen LogP contribution in [0.5, 0.6) is 0 Å². The van der Waals surface area contributed by atoms with Gasteiger partial charge in [0.2, 0.25) is 0 Å². The van der Waals surface area contributed by atoms with Crippen LogP contribution in [0, 0.1) is 11.8 Å². The first-order chi connectivity index (χ1) is 9.10. The fourth-order valence-electron chi connectivity index (χ4n) is 2.36. The molecule has 0 unspecified atom stereocenters. The summed E-state index contributed by atoms with van der Waals surface area (Å²) in [5, 5.41) is 29.5. The molecule has 0 aliphatic heterocycles. The van der Waals surface area contributed by atoms with Crippen molar-refractivity contribution in [2.75, 3.05) is 6.61 Å². The molecule has 0 radical (unpaired) electrons. The van der Waals surface area contributed by atoms with Crippen molar-refractivity contribution in [3.8, 4) is 0 Å². The summed E-state index contributed by atoms with van der Waals surface area (Å²) in [5.41, 5.74) is 1.19. The molecule has 0 saturated heterocycles. The molecule has 0 bridgehead atoms. The topological polar surface area (TPSA) is 60.7 Å². The first kappa shape index (κ1) is 16.2. The van der Waals surface area contributed by atoms with Gasteiger partial charge in [-0.2, -0.15) is 0 Å². The quantitative estimate of drug-likeness (QED) is 0.674. The zero-order valence-electron chi connectivity index (χ0n) is 11.9. The lowest BCUT2D eigenvalue weighted by Crippen LogP contribution is -2.36. The second kappa shape index (κ2) is 8.31. The maximum Gasteiger partial charge on any atom is 0.0640 e. The highest BCUT2D eigenvalue weighted by molar-refractivity contribution is 5.14. The van der Waals surface area contributed by atoms with Crippen LogP contribution in [0.3, 0.4) is 0 Å². The minimum absolute atomic E-state index is 0.0343. The van der Waals surface area contributed by atoms with Crippen LogP contribution in [0.1, 0.15) is 32.3 Å². The van der Waals surface area contributed by atoms with E-state index in [1.54, 1.807) is 0 Å². The second-order valence-corrected chi connectivity index (χ2v) is 5.29. The van der Waals surface area contributed by atoms with E-state index in [0.717, 1.165) is 6.42 Å². The number of aryl methyl sites for hydroxylation is 1. The van der Waals surface area contributed by atoms with Gasteiger partial charge in [0.25, 0.3) is 0 Å². The van der Waals surface area contributed by atoms with E-state index in [4.69, 9.17) is 0 Å². The SMILES string of the molecule is CC[C@H](CO)[C@H](O)[C@@H](C)[C@H](O)CCc1ccccc1. The Kier molecular flexibility index (Phi) is 7.06. The normalized spacial score (nSPS) is 17.7. The smallest absolute Gasteiger partial charge is 0.0640 e. The van der Waals surface area contributed by atoms with Gasteiger partial charge in [-0.25, -0.2) is 0 Å². The Morgan fingerprint density at radius 2 is 1.74 bits per heavy atom. The molecule has 3 heteroatoms. The van der Waals surface area contributed by atoms with Gasteiger partial charge < -0.3 is 15.3 Å². The summed E-state index contributed by atoms with van der Waals surface area (Å²) in [6.45, 7) is 3.75. The molecular formula is C16H26O3. The summed E-state index contributed by atoms with van der Waals surface area (Å²) in [7, 11) is 0. The fraction of sp³-hybridized carbons (Fsp3) is 0.625. The molecule has 0 aliphatic rings. The van der Waals surface area contributed by atoms with E-state index in [9.17, 15) is 15.3 Å². The van der Waals surface area contributed by atoms with Gasteiger partial charge in [0, 0.05) is 18.4 Å². The second-order valence-electron chi connectivity index (χ2n) is 5.29. The van der Waals surface area contributed by atoms with Crippen molar-refractivity contribution < 1.29 is 15.3 Å². The maximum atomic E-state index is 10.1. The van der Waals surface area contributed by atoms with Crippen LogP contribution < -0.4 is 0 Å². The zero-order chi connectivity index (χ0) is 14.3. The Morgan fingerprint density at radius 3 is 2.26 bits per heavy atom. The number of aliphatic hydroxyl groups excluding tert-OH is 3. The third-order valence-corrected chi connectivity index (χ3v) is 3.96. The van der Waals surface area contributed by atoms with Crippen LogP contribution in [-0.2, 0) is 6.42 Å². The molecule has 1 aromatic rings. The van der Waals surface area contributed by atoms with Crippen LogP contribution in [0.15, 0.2) is 30.3 Å². The summed E-state index contributed by atoms with van der Waals surface area (Å²) >= 11 is 0.